The number of fused-ring (bicyclic) bond motifs is 1. The molecule has 2 N–H and O–H groups in total. The average Bonchev–Trinajstić information content (AvgIpc) is 2.90. The maximum absolute atomic E-state index is 12.0. The van der Waals surface area contributed by atoms with Crippen molar-refractivity contribution in [2.75, 3.05) is 11.9 Å². The number of amides is 1. The minimum absolute atomic E-state index is 0.0383. The van der Waals surface area contributed by atoms with Gasteiger partial charge in [-0.15, -0.1) is 0 Å². The van der Waals surface area contributed by atoms with Crippen LogP contribution in [0.5, 0.6) is 5.75 Å². The lowest BCUT2D eigenvalue weighted by Crippen LogP contribution is -2.40. The van der Waals surface area contributed by atoms with Crippen LogP contribution in [0.2, 0.25) is 0 Å². The largest absolute Gasteiger partial charge is 0.478 e. The van der Waals surface area contributed by atoms with Gasteiger partial charge in [0, 0.05) is 6.04 Å². The molecule has 1 aromatic rings. The number of ether oxygens (including phenoxy) is 1. The molecule has 0 spiro atoms. The van der Waals surface area contributed by atoms with Crippen molar-refractivity contribution in [2.45, 2.75) is 45.3 Å². The van der Waals surface area contributed by atoms with E-state index in [4.69, 9.17) is 4.74 Å². The Labute approximate surface area is 119 Å². The standard InChI is InChI=1S/C16H22N2O2/c1-10(2)15-16(19)18-13-9-11(5-6-14(13)20-15)8-12-4-3-7-17-12/h5-6,9-10,12,15,17H,3-4,7-8H2,1-2H3,(H,18,19). The summed E-state index contributed by atoms with van der Waals surface area (Å²) in [4.78, 5) is 12.0. The van der Waals surface area contributed by atoms with Gasteiger partial charge in [0.15, 0.2) is 6.10 Å². The molecule has 20 heavy (non-hydrogen) atoms. The van der Waals surface area contributed by atoms with Crippen molar-refractivity contribution in [2.24, 2.45) is 5.92 Å². The molecule has 1 fully saturated rings. The number of anilines is 1. The third kappa shape index (κ3) is 2.66. The van der Waals surface area contributed by atoms with Gasteiger partial charge in [-0.2, -0.15) is 0 Å². The second kappa shape index (κ2) is 5.44. The van der Waals surface area contributed by atoms with Gasteiger partial charge < -0.3 is 15.4 Å². The summed E-state index contributed by atoms with van der Waals surface area (Å²) >= 11 is 0. The van der Waals surface area contributed by atoms with E-state index in [2.05, 4.69) is 16.7 Å². The van der Waals surface area contributed by atoms with Crippen LogP contribution in [0.3, 0.4) is 0 Å². The molecule has 0 radical (unpaired) electrons. The maximum Gasteiger partial charge on any atom is 0.265 e. The van der Waals surface area contributed by atoms with E-state index in [1.54, 1.807) is 0 Å². The van der Waals surface area contributed by atoms with Crippen molar-refractivity contribution in [1.29, 1.82) is 0 Å². The highest BCUT2D eigenvalue weighted by Crippen LogP contribution is 2.32. The quantitative estimate of drug-likeness (QED) is 0.889. The molecule has 2 aliphatic rings. The van der Waals surface area contributed by atoms with E-state index >= 15 is 0 Å². The fourth-order valence-corrected chi connectivity index (χ4v) is 2.95. The molecule has 108 valence electrons. The van der Waals surface area contributed by atoms with E-state index in [0.717, 1.165) is 24.4 Å². The van der Waals surface area contributed by atoms with Gasteiger partial charge in [-0.25, -0.2) is 0 Å². The average molecular weight is 274 g/mol. The number of hydrogen-bond donors (Lipinski definition) is 2. The molecule has 1 aromatic carbocycles. The molecule has 0 aliphatic carbocycles. The van der Waals surface area contributed by atoms with Crippen LogP contribution >= 0.6 is 0 Å². The van der Waals surface area contributed by atoms with Crippen LogP contribution in [-0.2, 0) is 11.2 Å². The van der Waals surface area contributed by atoms with E-state index in [0.29, 0.717) is 6.04 Å². The molecule has 0 aromatic heterocycles. The topological polar surface area (TPSA) is 50.4 Å². The number of carbonyl (C=O) groups excluding carboxylic acids is 1. The summed E-state index contributed by atoms with van der Waals surface area (Å²) in [6, 6.07) is 6.70. The molecule has 2 unspecified atom stereocenters. The van der Waals surface area contributed by atoms with E-state index in [9.17, 15) is 4.79 Å². The van der Waals surface area contributed by atoms with Gasteiger partial charge >= 0.3 is 0 Å². The Morgan fingerprint density at radius 1 is 1.40 bits per heavy atom. The van der Waals surface area contributed by atoms with Crippen molar-refractivity contribution in [3.63, 3.8) is 0 Å². The number of rotatable bonds is 3. The lowest BCUT2D eigenvalue weighted by atomic mass is 10.0. The van der Waals surface area contributed by atoms with Gasteiger partial charge in [-0.05, 0) is 49.4 Å². The first-order chi connectivity index (χ1) is 9.63. The molecule has 2 atom stereocenters. The summed E-state index contributed by atoms with van der Waals surface area (Å²) in [6.45, 7) is 5.11. The first-order valence-electron chi connectivity index (χ1n) is 7.47. The summed E-state index contributed by atoms with van der Waals surface area (Å²) in [5, 5.41) is 6.47. The van der Waals surface area contributed by atoms with Crippen LogP contribution < -0.4 is 15.4 Å². The molecule has 2 aliphatic heterocycles. The highest BCUT2D eigenvalue weighted by molar-refractivity contribution is 5.98. The Hall–Kier alpha value is -1.55. The van der Waals surface area contributed by atoms with Gasteiger partial charge in [0.2, 0.25) is 0 Å². The minimum Gasteiger partial charge on any atom is -0.478 e. The summed E-state index contributed by atoms with van der Waals surface area (Å²) in [5.74, 6) is 0.917. The van der Waals surface area contributed by atoms with Crippen LogP contribution in [0.1, 0.15) is 32.3 Å². The molecule has 1 saturated heterocycles. The second-order valence-corrected chi connectivity index (χ2v) is 6.10. The maximum atomic E-state index is 12.0. The van der Waals surface area contributed by atoms with Crippen molar-refractivity contribution < 1.29 is 9.53 Å². The van der Waals surface area contributed by atoms with E-state index < -0.39 is 0 Å². The summed E-state index contributed by atoms with van der Waals surface area (Å²) in [5.41, 5.74) is 2.05. The summed E-state index contributed by atoms with van der Waals surface area (Å²) in [6.07, 6.45) is 3.11. The Morgan fingerprint density at radius 2 is 2.25 bits per heavy atom. The summed E-state index contributed by atoms with van der Waals surface area (Å²) < 4.78 is 5.80. The zero-order chi connectivity index (χ0) is 14.1. The first kappa shape index (κ1) is 13.4. The highest BCUT2D eigenvalue weighted by Gasteiger charge is 2.30. The third-order valence-electron chi connectivity index (χ3n) is 4.06. The molecule has 2 heterocycles. The van der Waals surface area contributed by atoms with Crippen LogP contribution in [0, 0.1) is 5.92 Å². The Morgan fingerprint density at radius 3 is 2.95 bits per heavy atom. The zero-order valence-corrected chi connectivity index (χ0v) is 12.1. The predicted octanol–water partition coefficient (Wildman–Crippen LogP) is 2.34. The normalized spacial score (nSPS) is 25.2. The number of carbonyl (C=O) groups is 1. The van der Waals surface area contributed by atoms with Crippen LogP contribution in [0.25, 0.3) is 0 Å². The molecule has 4 nitrogen and oxygen atoms in total. The van der Waals surface area contributed by atoms with E-state index in [-0.39, 0.29) is 17.9 Å². The molecule has 0 bridgehead atoms. The molecule has 0 saturated carbocycles. The fourth-order valence-electron chi connectivity index (χ4n) is 2.95. The van der Waals surface area contributed by atoms with Gasteiger partial charge in [0.1, 0.15) is 5.75 Å². The molecule has 4 heteroatoms. The predicted molar refractivity (Wildman–Crippen MR) is 79.1 cm³/mol. The van der Waals surface area contributed by atoms with Crippen molar-refractivity contribution in [3.8, 4) is 5.75 Å². The Kier molecular flexibility index (Phi) is 3.66. The van der Waals surface area contributed by atoms with Crippen molar-refractivity contribution in [3.05, 3.63) is 23.8 Å². The lowest BCUT2D eigenvalue weighted by Gasteiger charge is -2.28. The van der Waals surface area contributed by atoms with Gasteiger partial charge in [-0.3, -0.25) is 4.79 Å². The Bertz CT molecular complexity index is 507. The second-order valence-electron chi connectivity index (χ2n) is 6.10. The third-order valence-corrected chi connectivity index (χ3v) is 4.06. The van der Waals surface area contributed by atoms with Crippen molar-refractivity contribution >= 4 is 11.6 Å². The SMILES string of the molecule is CC(C)C1Oc2ccc(CC3CCCN3)cc2NC1=O. The summed E-state index contributed by atoms with van der Waals surface area (Å²) in [7, 11) is 0. The zero-order valence-electron chi connectivity index (χ0n) is 12.1. The molecule has 3 rings (SSSR count). The molecular weight excluding hydrogens is 252 g/mol. The van der Waals surface area contributed by atoms with Gasteiger partial charge in [0.05, 0.1) is 5.69 Å². The molecule has 1 amide bonds. The monoisotopic (exact) mass is 274 g/mol. The fraction of sp³-hybridized carbons (Fsp3) is 0.562. The van der Waals surface area contributed by atoms with E-state index in [1.807, 2.05) is 26.0 Å². The lowest BCUT2D eigenvalue weighted by molar-refractivity contribution is -0.125. The van der Waals surface area contributed by atoms with Crippen LogP contribution in [0.15, 0.2) is 18.2 Å². The number of hydrogen-bond acceptors (Lipinski definition) is 3. The number of nitrogens with one attached hydrogen (secondary N) is 2. The van der Waals surface area contributed by atoms with Gasteiger partial charge in [0.25, 0.3) is 5.91 Å². The van der Waals surface area contributed by atoms with Crippen LogP contribution in [-0.4, -0.2) is 24.6 Å². The van der Waals surface area contributed by atoms with Crippen LogP contribution in [0.4, 0.5) is 5.69 Å². The minimum atomic E-state index is -0.384. The van der Waals surface area contributed by atoms with Gasteiger partial charge in [-0.1, -0.05) is 19.9 Å². The smallest absolute Gasteiger partial charge is 0.265 e. The highest BCUT2D eigenvalue weighted by atomic mass is 16.5. The molecular formula is C16H22N2O2. The van der Waals surface area contributed by atoms with Crippen molar-refractivity contribution in [1.82, 2.24) is 5.32 Å². The number of benzene rings is 1. The Balaban J connectivity index is 1.76. The van der Waals surface area contributed by atoms with E-state index in [1.165, 1.54) is 18.4 Å². The first-order valence-corrected chi connectivity index (χ1v) is 7.47.